The van der Waals surface area contributed by atoms with Crippen molar-refractivity contribution in [1.29, 1.82) is 0 Å². The molecule has 0 unspecified atom stereocenters. The van der Waals surface area contributed by atoms with Gasteiger partial charge in [-0.2, -0.15) is 5.10 Å². The fraction of sp³-hybridized carbons (Fsp3) is 0.353. The van der Waals surface area contributed by atoms with Gasteiger partial charge in [0.05, 0.1) is 10.6 Å². The van der Waals surface area contributed by atoms with E-state index in [9.17, 15) is 9.59 Å². The number of benzene rings is 1. The van der Waals surface area contributed by atoms with Crippen LogP contribution in [0.25, 0.3) is 0 Å². The van der Waals surface area contributed by atoms with Crippen molar-refractivity contribution in [3.8, 4) is 0 Å². The fourth-order valence-electron chi connectivity index (χ4n) is 2.87. The zero-order chi connectivity index (χ0) is 17.4. The van der Waals surface area contributed by atoms with Gasteiger partial charge in [0.15, 0.2) is 5.69 Å². The quantitative estimate of drug-likeness (QED) is 0.637. The minimum Gasteiger partial charge on any atom is -0.349 e. The smallest absolute Gasteiger partial charge is 0.276 e. The largest absolute Gasteiger partial charge is 0.349 e. The molecule has 0 radical (unpaired) electrons. The Morgan fingerprint density at radius 3 is 2.81 bits per heavy atom. The van der Waals surface area contributed by atoms with Gasteiger partial charge in [0, 0.05) is 42.5 Å². The predicted molar refractivity (Wildman–Crippen MR) is 101 cm³/mol. The number of anilines is 1. The highest BCUT2D eigenvalue weighted by Crippen LogP contribution is 2.24. The number of halogens is 2. The van der Waals surface area contributed by atoms with Crippen molar-refractivity contribution >= 4 is 41.5 Å². The molecule has 4 N–H and O–H groups in total. The maximum Gasteiger partial charge on any atom is 0.276 e. The lowest BCUT2D eigenvalue weighted by atomic mass is 10.1. The second-order valence-corrected chi connectivity index (χ2v) is 6.76. The molecule has 1 aromatic heterocycles. The van der Waals surface area contributed by atoms with E-state index in [0.717, 1.165) is 37.1 Å². The highest BCUT2D eigenvalue weighted by molar-refractivity contribution is 6.34. The predicted octanol–water partition coefficient (Wildman–Crippen LogP) is 2.28. The molecular weight excluding hydrogens is 377 g/mol. The minimum absolute atomic E-state index is 0. The number of amides is 2. The summed E-state index contributed by atoms with van der Waals surface area (Å²) < 4.78 is 0. The van der Waals surface area contributed by atoms with Crippen LogP contribution in [0.15, 0.2) is 18.2 Å². The number of hydrogen-bond acceptors (Lipinski definition) is 4. The molecule has 26 heavy (non-hydrogen) atoms. The second-order valence-electron chi connectivity index (χ2n) is 6.35. The van der Waals surface area contributed by atoms with Gasteiger partial charge in [-0.05, 0) is 31.0 Å². The van der Waals surface area contributed by atoms with Crippen LogP contribution in [0.2, 0.25) is 5.02 Å². The first kappa shape index (κ1) is 18.7. The highest BCUT2D eigenvalue weighted by Gasteiger charge is 2.25. The fourth-order valence-corrected chi connectivity index (χ4v) is 3.07. The molecule has 2 aromatic rings. The Labute approximate surface area is 161 Å². The normalized spacial score (nSPS) is 15.6. The van der Waals surface area contributed by atoms with Crippen LogP contribution in [0.3, 0.4) is 0 Å². The number of H-pyrrole nitrogens is 1. The van der Waals surface area contributed by atoms with E-state index in [1.54, 1.807) is 18.2 Å². The summed E-state index contributed by atoms with van der Waals surface area (Å²) in [6, 6.07) is 5.12. The molecule has 0 bridgehead atoms. The van der Waals surface area contributed by atoms with Crippen LogP contribution in [0, 0.1) is 0 Å². The van der Waals surface area contributed by atoms with E-state index >= 15 is 0 Å². The van der Waals surface area contributed by atoms with Crippen molar-refractivity contribution in [2.45, 2.75) is 31.8 Å². The Hall–Kier alpha value is -2.09. The summed E-state index contributed by atoms with van der Waals surface area (Å²) in [7, 11) is 0. The molecule has 138 valence electrons. The maximum atomic E-state index is 12.5. The summed E-state index contributed by atoms with van der Waals surface area (Å²) in [5.41, 5.74) is 3.13. The first-order chi connectivity index (χ1) is 12.1. The van der Waals surface area contributed by atoms with E-state index < -0.39 is 0 Å². The molecule has 2 heterocycles. The van der Waals surface area contributed by atoms with Crippen molar-refractivity contribution in [2.24, 2.45) is 0 Å². The number of nitrogens with one attached hydrogen (secondary N) is 4. The van der Waals surface area contributed by atoms with E-state index in [1.807, 2.05) is 0 Å². The van der Waals surface area contributed by atoms with Crippen molar-refractivity contribution in [1.82, 2.24) is 20.8 Å². The van der Waals surface area contributed by atoms with Crippen LogP contribution in [-0.4, -0.2) is 34.6 Å². The summed E-state index contributed by atoms with van der Waals surface area (Å²) in [5, 5.41) is 16.3. The summed E-state index contributed by atoms with van der Waals surface area (Å²) in [6.07, 6.45) is 2.82. The van der Waals surface area contributed by atoms with Gasteiger partial charge in [-0.1, -0.05) is 11.6 Å². The standard InChI is InChI=1S/C17H18ClN5O2.ClH/c18-13-4-3-10(7-11(13)16(24)20-9-1-2-9)21-17(25)15-12-8-19-6-5-14(12)22-23-15;/h3-4,7,9,19H,1-2,5-6,8H2,(H,20,24)(H,21,25)(H,22,23);1H. The van der Waals surface area contributed by atoms with Crippen LogP contribution >= 0.6 is 24.0 Å². The lowest BCUT2D eigenvalue weighted by Crippen LogP contribution is -2.26. The second kappa shape index (κ2) is 7.65. The van der Waals surface area contributed by atoms with Gasteiger partial charge in [-0.3, -0.25) is 14.7 Å². The third-order valence-electron chi connectivity index (χ3n) is 4.40. The van der Waals surface area contributed by atoms with Crippen molar-refractivity contribution < 1.29 is 9.59 Å². The average Bonchev–Trinajstić information content (AvgIpc) is 3.31. The van der Waals surface area contributed by atoms with E-state index in [-0.39, 0.29) is 30.3 Å². The number of nitrogens with zero attached hydrogens (tertiary/aromatic N) is 1. The molecule has 4 rings (SSSR count). The minimum atomic E-state index is -0.308. The Kier molecular flexibility index (Phi) is 5.50. The first-order valence-corrected chi connectivity index (χ1v) is 8.68. The molecule has 2 aliphatic rings. The Balaban J connectivity index is 0.00000196. The zero-order valence-corrected chi connectivity index (χ0v) is 15.5. The zero-order valence-electron chi connectivity index (χ0n) is 13.9. The number of carbonyl (C=O) groups excluding carboxylic acids is 2. The van der Waals surface area contributed by atoms with Crippen LogP contribution in [-0.2, 0) is 13.0 Å². The SMILES string of the molecule is Cl.O=C(NC1CC1)c1cc(NC(=O)c2n[nH]c3c2CNCC3)ccc1Cl. The van der Waals surface area contributed by atoms with Crippen LogP contribution < -0.4 is 16.0 Å². The molecule has 2 amide bonds. The lowest BCUT2D eigenvalue weighted by molar-refractivity contribution is 0.0949. The van der Waals surface area contributed by atoms with E-state index in [4.69, 9.17) is 11.6 Å². The van der Waals surface area contributed by atoms with Gasteiger partial charge in [-0.25, -0.2) is 0 Å². The van der Waals surface area contributed by atoms with Crippen LogP contribution in [0.5, 0.6) is 0 Å². The molecular formula is C17H19Cl2N5O2. The summed E-state index contributed by atoms with van der Waals surface area (Å²) in [6.45, 7) is 1.48. The highest BCUT2D eigenvalue weighted by atomic mass is 35.5. The topological polar surface area (TPSA) is 98.9 Å². The summed E-state index contributed by atoms with van der Waals surface area (Å²) in [5.74, 6) is -0.526. The van der Waals surface area contributed by atoms with E-state index in [1.165, 1.54) is 0 Å². The molecule has 1 fully saturated rings. The van der Waals surface area contributed by atoms with Gasteiger partial charge < -0.3 is 16.0 Å². The molecule has 0 spiro atoms. The molecule has 0 saturated heterocycles. The average molecular weight is 396 g/mol. The van der Waals surface area contributed by atoms with Gasteiger partial charge in [0.2, 0.25) is 0 Å². The van der Waals surface area contributed by atoms with Gasteiger partial charge >= 0.3 is 0 Å². The van der Waals surface area contributed by atoms with Crippen LogP contribution in [0.1, 0.15) is 44.9 Å². The summed E-state index contributed by atoms with van der Waals surface area (Å²) in [4.78, 5) is 24.8. The third-order valence-corrected chi connectivity index (χ3v) is 4.73. The number of hydrogen-bond donors (Lipinski definition) is 4. The summed E-state index contributed by atoms with van der Waals surface area (Å²) >= 11 is 6.13. The maximum absolute atomic E-state index is 12.5. The molecule has 1 aromatic carbocycles. The first-order valence-electron chi connectivity index (χ1n) is 8.30. The van der Waals surface area contributed by atoms with Gasteiger partial charge in [-0.15, -0.1) is 12.4 Å². The molecule has 1 aliphatic carbocycles. The van der Waals surface area contributed by atoms with Gasteiger partial charge in [0.25, 0.3) is 11.8 Å². The molecule has 7 nitrogen and oxygen atoms in total. The lowest BCUT2D eigenvalue weighted by Gasteiger charge is -2.13. The number of carbonyl (C=O) groups is 2. The number of rotatable bonds is 4. The number of fused-ring (bicyclic) bond motifs is 1. The van der Waals surface area contributed by atoms with E-state index in [2.05, 4.69) is 26.1 Å². The Morgan fingerprint density at radius 2 is 2.04 bits per heavy atom. The number of aromatic nitrogens is 2. The van der Waals surface area contributed by atoms with Crippen LogP contribution in [0.4, 0.5) is 5.69 Å². The van der Waals surface area contributed by atoms with Crippen molar-refractivity contribution in [3.63, 3.8) is 0 Å². The Bertz CT molecular complexity index is 848. The van der Waals surface area contributed by atoms with Gasteiger partial charge in [0.1, 0.15) is 0 Å². The number of aromatic amines is 1. The Morgan fingerprint density at radius 1 is 1.23 bits per heavy atom. The van der Waals surface area contributed by atoms with Crippen molar-refractivity contribution in [3.05, 3.63) is 45.7 Å². The molecule has 9 heteroatoms. The molecule has 0 atom stereocenters. The molecule has 1 aliphatic heterocycles. The third kappa shape index (κ3) is 3.85. The molecule has 1 saturated carbocycles. The van der Waals surface area contributed by atoms with Crippen molar-refractivity contribution in [2.75, 3.05) is 11.9 Å². The monoisotopic (exact) mass is 395 g/mol. The van der Waals surface area contributed by atoms with E-state index in [0.29, 0.717) is 28.5 Å².